The van der Waals surface area contributed by atoms with Crippen LogP contribution < -0.4 is 4.74 Å². The third-order valence-electron chi connectivity index (χ3n) is 5.76. The Balaban J connectivity index is 1.22. The maximum Gasteiger partial charge on any atom is 0.254 e. The number of benzene rings is 2. The van der Waals surface area contributed by atoms with E-state index in [0.717, 1.165) is 30.4 Å². The molecule has 3 aromatic rings. The molecule has 0 spiro atoms. The van der Waals surface area contributed by atoms with Gasteiger partial charge in [-0.2, -0.15) is 0 Å². The molecule has 2 aromatic carbocycles. The Labute approximate surface area is 179 Å². The van der Waals surface area contributed by atoms with E-state index in [-0.39, 0.29) is 24.2 Å². The molecule has 160 valence electrons. The molecule has 0 N–H and O–H groups in total. The molecule has 1 saturated heterocycles. The SMILES string of the molecule is O=C(c1ccc(OCc2ccccc2F)cc1)N1CCc2oc(C3CCOC3)nc2C1. The summed E-state index contributed by atoms with van der Waals surface area (Å²) in [4.78, 5) is 19.4. The molecule has 5 rings (SSSR count). The van der Waals surface area contributed by atoms with E-state index < -0.39 is 0 Å². The molecule has 0 radical (unpaired) electrons. The number of carbonyl (C=O) groups is 1. The topological polar surface area (TPSA) is 64.8 Å². The minimum absolute atomic E-state index is 0.0555. The van der Waals surface area contributed by atoms with Crippen molar-refractivity contribution < 1.29 is 23.1 Å². The van der Waals surface area contributed by atoms with Crippen LogP contribution in [0.4, 0.5) is 4.39 Å². The molecule has 1 aromatic heterocycles. The predicted molar refractivity (Wildman–Crippen MR) is 110 cm³/mol. The third kappa shape index (κ3) is 4.18. The molecule has 0 aliphatic carbocycles. The van der Waals surface area contributed by atoms with Gasteiger partial charge in [0.25, 0.3) is 5.91 Å². The highest BCUT2D eigenvalue weighted by molar-refractivity contribution is 5.94. The van der Waals surface area contributed by atoms with Crippen molar-refractivity contribution in [2.24, 2.45) is 0 Å². The summed E-state index contributed by atoms with van der Waals surface area (Å²) in [5.74, 6) is 2.05. The molecule has 1 atom stereocenters. The van der Waals surface area contributed by atoms with Gasteiger partial charge in [0.2, 0.25) is 0 Å². The van der Waals surface area contributed by atoms with Gasteiger partial charge >= 0.3 is 0 Å². The van der Waals surface area contributed by atoms with Crippen molar-refractivity contribution in [3.63, 3.8) is 0 Å². The lowest BCUT2D eigenvalue weighted by atomic mass is 10.1. The zero-order valence-electron chi connectivity index (χ0n) is 17.1. The first-order valence-corrected chi connectivity index (χ1v) is 10.5. The van der Waals surface area contributed by atoms with Crippen LogP contribution in [0.5, 0.6) is 5.75 Å². The number of aromatic nitrogens is 1. The molecular formula is C24H23FN2O4. The second-order valence-electron chi connectivity index (χ2n) is 7.86. The fourth-order valence-corrected chi connectivity index (χ4v) is 3.95. The van der Waals surface area contributed by atoms with Crippen LogP contribution in [0.3, 0.4) is 0 Å². The summed E-state index contributed by atoms with van der Waals surface area (Å²) in [6, 6.07) is 13.4. The number of carbonyl (C=O) groups excluding carboxylic acids is 1. The van der Waals surface area contributed by atoms with E-state index in [4.69, 9.17) is 13.9 Å². The summed E-state index contributed by atoms with van der Waals surface area (Å²) >= 11 is 0. The van der Waals surface area contributed by atoms with Crippen LogP contribution in [0.2, 0.25) is 0 Å². The number of ether oxygens (including phenoxy) is 2. The summed E-state index contributed by atoms with van der Waals surface area (Å²) < 4.78 is 30.7. The number of fused-ring (bicyclic) bond motifs is 1. The van der Waals surface area contributed by atoms with Crippen molar-refractivity contribution in [3.8, 4) is 5.75 Å². The zero-order valence-corrected chi connectivity index (χ0v) is 17.1. The number of oxazole rings is 1. The van der Waals surface area contributed by atoms with Gasteiger partial charge in [-0.15, -0.1) is 0 Å². The average molecular weight is 422 g/mol. The van der Waals surface area contributed by atoms with E-state index in [1.807, 2.05) is 0 Å². The predicted octanol–water partition coefficient (Wildman–Crippen LogP) is 4.10. The van der Waals surface area contributed by atoms with Gasteiger partial charge in [0, 0.05) is 30.7 Å². The number of amides is 1. The fraction of sp³-hybridized carbons (Fsp3) is 0.333. The first kappa shape index (κ1) is 19.8. The lowest BCUT2D eigenvalue weighted by Gasteiger charge is -2.25. The Bertz CT molecular complexity index is 1070. The molecule has 0 bridgehead atoms. The van der Waals surface area contributed by atoms with Crippen molar-refractivity contribution in [1.82, 2.24) is 9.88 Å². The minimum atomic E-state index is -0.296. The first-order valence-electron chi connectivity index (χ1n) is 10.5. The highest BCUT2D eigenvalue weighted by Crippen LogP contribution is 2.29. The van der Waals surface area contributed by atoms with Gasteiger partial charge in [-0.25, -0.2) is 9.37 Å². The second kappa shape index (κ2) is 8.51. The van der Waals surface area contributed by atoms with Crippen molar-refractivity contribution >= 4 is 5.91 Å². The van der Waals surface area contributed by atoms with Crippen LogP contribution in [-0.2, 0) is 24.3 Å². The van der Waals surface area contributed by atoms with E-state index in [9.17, 15) is 9.18 Å². The second-order valence-corrected chi connectivity index (χ2v) is 7.86. The number of halogens is 1. The van der Waals surface area contributed by atoms with Crippen LogP contribution in [0.1, 0.15) is 45.6 Å². The molecule has 1 fully saturated rings. The number of hydrogen-bond acceptors (Lipinski definition) is 5. The monoisotopic (exact) mass is 422 g/mol. The molecule has 3 heterocycles. The lowest BCUT2D eigenvalue weighted by Crippen LogP contribution is -2.35. The van der Waals surface area contributed by atoms with E-state index in [0.29, 0.717) is 43.0 Å². The van der Waals surface area contributed by atoms with Crippen molar-refractivity contribution in [2.45, 2.75) is 31.9 Å². The van der Waals surface area contributed by atoms with Gasteiger partial charge < -0.3 is 18.8 Å². The Morgan fingerprint density at radius 3 is 2.81 bits per heavy atom. The Morgan fingerprint density at radius 1 is 1.19 bits per heavy atom. The minimum Gasteiger partial charge on any atom is -0.489 e. The molecule has 1 amide bonds. The highest BCUT2D eigenvalue weighted by Gasteiger charge is 2.29. The summed E-state index contributed by atoms with van der Waals surface area (Å²) in [5, 5.41) is 0. The maximum atomic E-state index is 13.7. The van der Waals surface area contributed by atoms with Gasteiger partial charge in [-0.1, -0.05) is 18.2 Å². The lowest BCUT2D eigenvalue weighted by molar-refractivity contribution is 0.0728. The van der Waals surface area contributed by atoms with Crippen molar-refractivity contribution in [1.29, 1.82) is 0 Å². The fourth-order valence-electron chi connectivity index (χ4n) is 3.95. The zero-order chi connectivity index (χ0) is 21.2. The molecule has 2 aliphatic heterocycles. The van der Waals surface area contributed by atoms with E-state index in [1.165, 1.54) is 6.07 Å². The average Bonchev–Trinajstić information content (AvgIpc) is 3.48. The molecular weight excluding hydrogens is 399 g/mol. The van der Waals surface area contributed by atoms with Gasteiger partial charge in [0.05, 0.1) is 19.1 Å². The Kier molecular flexibility index (Phi) is 5.42. The van der Waals surface area contributed by atoms with E-state index >= 15 is 0 Å². The Hall–Kier alpha value is -3.19. The van der Waals surface area contributed by atoms with Gasteiger partial charge in [-0.3, -0.25) is 4.79 Å². The van der Waals surface area contributed by atoms with Crippen LogP contribution in [0.15, 0.2) is 52.9 Å². The smallest absolute Gasteiger partial charge is 0.254 e. The van der Waals surface area contributed by atoms with Crippen LogP contribution in [0, 0.1) is 5.82 Å². The van der Waals surface area contributed by atoms with E-state index in [2.05, 4.69) is 4.98 Å². The number of hydrogen-bond donors (Lipinski definition) is 0. The molecule has 7 heteroatoms. The Morgan fingerprint density at radius 2 is 2.03 bits per heavy atom. The standard InChI is InChI=1S/C24H23FN2O4/c25-20-4-2-1-3-17(20)15-30-19-7-5-16(6-8-19)24(28)27-11-9-22-21(13-27)26-23(31-22)18-10-12-29-14-18/h1-8,18H,9-15H2. The summed E-state index contributed by atoms with van der Waals surface area (Å²) in [7, 11) is 0. The normalized spacial score (nSPS) is 18.1. The van der Waals surface area contributed by atoms with Gasteiger partial charge in [0.15, 0.2) is 5.89 Å². The number of rotatable bonds is 5. The van der Waals surface area contributed by atoms with E-state index in [1.54, 1.807) is 47.4 Å². The van der Waals surface area contributed by atoms with Crippen LogP contribution in [0.25, 0.3) is 0 Å². The highest BCUT2D eigenvalue weighted by atomic mass is 19.1. The molecule has 0 saturated carbocycles. The number of nitrogens with zero attached hydrogens (tertiary/aromatic N) is 2. The molecule has 31 heavy (non-hydrogen) atoms. The van der Waals surface area contributed by atoms with Gasteiger partial charge in [0.1, 0.15) is 29.6 Å². The van der Waals surface area contributed by atoms with Crippen LogP contribution >= 0.6 is 0 Å². The summed E-state index contributed by atoms with van der Waals surface area (Å²) in [6.07, 6.45) is 1.58. The molecule has 1 unspecified atom stereocenters. The first-order chi connectivity index (χ1) is 15.2. The van der Waals surface area contributed by atoms with Crippen LogP contribution in [-0.4, -0.2) is 35.5 Å². The maximum absolute atomic E-state index is 13.7. The van der Waals surface area contributed by atoms with Gasteiger partial charge in [-0.05, 0) is 36.8 Å². The largest absolute Gasteiger partial charge is 0.489 e. The quantitative estimate of drug-likeness (QED) is 0.620. The molecule has 6 nitrogen and oxygen atoms in total. The summed E-state index contributed by atoms with van der Waals surface area (Å²) in [5.41, 5.74) is 1.91. The van der Waals surface area contributed by atoms with Crippen molar-refractivity contribution in [3.05, 3.63) is 82.8 Å². The van der Waals surface area contributed by atoms with Crippen molar-refractivity contribution in [2.75, 3.05) is 19.8 Å². The third-order valence-corrected chi connectivity index (χ3v) is 5.76. The molecule has 2 aliphatic rings. The summed E-state index contributed by atoms with van der Waals surface area (Å²) in [6.45, 7) is 2.55.